The molecule has 90 valence electrons. The Kier molecular flexibility index (Phi) is 4.70. The van der Waals surface area contributed by atoms with E-state index in [0.29, 0.717) is 18.1 Å². The van der Waals surface area contributed by atoms with Gasteiger partial charge in [0, 0.05) is 28.9 Å². The molecule has 0 saturated heterocycles. The fraction of sp³-hybridized carbons (Fsp3) is 0.500. The van der Waals surface area contributed by atoms with E-state index in [0.717, 1.165) is 0 Å². The van der Waals surface area contributed by atoms with E-state index in [1.54, 1.807) is 12.3 Å². The van der Waals surface area contributed by atoms with Crippen molar-refractivity contribution in [1.82, 2.24) is 5.32 Å². The molecule has 0 aromatic carbocycles. The van der Waals surface area contributed by atoms with Crippen LogP contribution in [0.15, 0.2) is 16.5 Å². The molecular formula is C10H15NO4S. The van der Waals surface area contributed by atoms with E-state index >= 15 is 0 Å². The van der Waals surface area contributed by atoms with Crippen molar-refractivity contribution in [2.24, 2.45) is 0 Å². The van der Waals surface area contributed by atoms with Crippen molar-refractivity contribution in [2.75, 3.05) is 12.0 Å². The summed E-state index contributed by atoms with van der Waals surface area (Å²) >= 11 is 0. The van der Waals surface area contributed by atoms with Gasteiger partial charge in [-0.25, -0.2) is 4.79 Å². The average molecular weight is 245 g/mol. The maximum Gasteiger partial charge on any atom is 0.371 e. The van der Waals surface area contributed by atoms with E-state index in [2.05, 4.69) is 5.32 Å². The van der Waals surface area contributed by atoms with Crippen LogP contribution in [0.4, 0.5) is 0 Å². The Hall–Kier alpha value is -1.14. The zero-order valence-electron chi connectivity index (χ0n) is 9.23. The lowest BCUT2D eigenvalue weighted by atomic mass is 10.3. The minimum absolute atomic E-state index is 0.0662. The van der Waals surface area contributed by atoms with Gasteiger partial charge in [-0.15, -0.1) is 0 Å². The normalized spacial score (nSPS) is 14.6. The summed E-state index contributed by atoms with van der Waals surface area (Å²) in [4.78, 5) is 10.5. The second-order valence-electron chi connectivity index (χ2n) is 3.59. The minimum Gasteiger partial charge on any atom is -0.475 e. The molecule has 0 bridgehead atoms. The van der Waals surface area contributed by atoms with E-state index in [4.69, 9.17) is 9.52 Å². The van der Waals surface area contributed by atoms with Crippen molar-refractivity contribution in [3.05, 3.63) is 23.7 Å². The van der Waals surface area contributed by atoms with Crippen LogP contribution in [0.1, 0.15) is 23.2 Å². The molecule has 16 heavy (non-hydrogen) atoms. The Morgan fingerprint density at radius 2 is 2.31 bits per heavy atom. The number of nitrogens with one attached hydrogen (secondary N) is 1. The number of carboxylic acid groups (broad SMARTS) is 1. The monoisotopic (exact) mass is 245 g/mol. The summed E-state index contributed by atoms with van der Waals surface area (Å²) in [6.45, 7) is 2.36. The van der Waals surface area contributed by atoms with Crippen LogP contribution in [0.2, 0.25) is 0 Å². The van der Waals surface area contributed by atoms with Gasteiger partial charge in [0.2, 0.25) is 5.76 Å². The highest BCUT2D eigenvalue weighted by molar-refractivity contribution is 7.84. The smallest absolute Gasteiger partial charge is 0.371 e. The van der Waals surface area contributed by atoms with E-state index < -0.39 is 16.8 Å². The first-order chi connectivity index (χ1) is 7.49. The predicted octanol–water partition coefficient (Wildman–Crippen LogP) is 0.834. The first kappa shape index (κ1) is 12.9. The number of carbonyl (C=O) groups is 1. The first-order valence-electron chi connectivity index (χ1n) is 4.84. The molecule has 2 unspecified atom stereocenters. The second kappa shape index (κ2) is 5.81. The topological polar surface area (TPSA) is 79.5 Å². The van der Waals surface area contributed by atoms with E-state index in [-0.39, 0.29) is 11.8 Å². The highest BCUT2D eigenvalue weighted by Gasteiger charge is 2.10. The van der Waals surface area contributed by atoms with Gasteiger partial charge in [-0.1, -0.05) is 0 Å². The van der Waals surface area contributed by atoms with Crippen molar-refractivity contribution < 1.29 is 18.5 Å². The number of hydrogen-bond donors (Lipinski definition) is 2. The van der Waals surface area contributed by atoms with Gasteiger partial charge in [0.1, 0.15) is 5.76 Å². The third kappa shape index (κ3) is 4.16. The second-order valence-corrected chi connectivity index (χ2v) is 5.07. The van der Waals surface area contributed by atoms with Gasteiger partial charge in [0.15, 0.2) is 0 Å². The number of furan rings is 1. The Bertz CT molecular complexity index is 388. The molecule has 0 aliphatic heterocycles. The summed E-state index contributed by atoms with van der Waals surface area (Å²) in [6.07, 6.45) is 1.65. The standard InChI is InChI=1S/C10H15NO4S/c1-7(6-16(2)14)11-5-8-3-4-9(15-8)10(12)13/h3-4,7,11H,5-6H2,1-2H3,(H,12,13). The molecule has 0 amide bonds. The average Bonchev–Trinajstić information content (AvgIpc) is 2.61. The summed E-state index contributed by atoms with van der Waals surface area (Å²) in [5.41, 5.74) is 0. The molecule has 5 nitrogen and oxygen atoms in total. The molecule has 0 fully saturated rings. The van der Waals surface area contributed by atoms with Gasteiger partial charge >= 0.3 is 5.97 Å². The van der Waals surface area contributed by atoms with Gasteiger partial charge in [-0.3, -0.25) is 4.21 Å². The molecule has 2 N–H and O–H groups in total. The lowest BCUT2D eigenvalue weighted by Crippen LogP contribution is -2.30. The third-order valence-electron chi connectivity index (χ3n) is 1.98. The predicted molar refractivity (Wildman–Crippen MR) is 60.9 cm³/mol. The largest absolute Gasteiger partial charge is 0.475 e. The molecule has 1 aromatic rings. The van der Waals surface area contributed by atoms with Gasteiger partial charge in [0.25, 0.3) is 0 Å². The van der Waals surface area contributed by atoms with Crippen LogP contribution in [0.25, 0.3) is 0 Å². The molecule has 6 heteroatoms. The fourth-order valence-electron chi connectivity index (χ4n) is 1.27. The molecule has 0 spiro atoms. The number of carboxylic acids is 1. The van der Waals surface area contributed by atoms with Crippen LogP contribution < -0.4 is 5.32 Å². The molecule has 1 rings (SSSR count). The van der Waals surface area contributed by atoms with Crippen LogP contribution in [0.5, 0.6) is 0 Å². The molecule has 1 heterocycles. The highest BCUT2D eigenvalue weighted by Crippen LogP contribution is 2.07. The summed E-state index contributed by atoms with van der Waals surface area (Å²) in [5.74, 6) is -0.0180. The Balaban J connectivity index is 2.42. The third-order valence-corrected chi connectivity index (χ3v) is 2.95. The lowest BCUT2D eigenvalue weighted by Gasteiger charge is -2.10. The van der Waals surface area contributed by atoms with Crippen molar-refractivity contribution in [1.29, 1.82) is 0 Å². The number of hydrogen-bond acceptors (Lipinski definition) is 4. The fourth-order valence-corrected chi connectivity index (χ4v) is 2.10. The molecular weight excluding hydrogens is 230 g/mol. The zero-order chi connectivity index (χ0) is 12.1. The maximum atomic E-state index is 10.9. The number of aromatic carboxylic acids is 1. The molecule has 1 aromatic heterocycles. The molecule has 0 aliphatic carbocycles. The Morgan fingerprint density at radius 1 is 1.62 bits per heavy atom. The van der Waals surface area contributed by atoms with Gasteiger partial charge in [0.05, 0.1) is 6.54 Å². The molecule has 0 radical (unpaired) electrons. The summed E-state index contributed by atoms with van der Waals surface area (Å²) in [6, 6.07) is 3.14. The van der Waals surface area contributed by atoms with Crippen LogP contribution in [0, 0.1) is 0 Å². The summed E-state index contributed by atoms with van der Waals surface area (Å²) < 4.78 is 16.0. The van der Waals surface area contributed by atoms with E-state index in [1.807, 2.05) is 6.92 Å². The van der Waals surface area contributed by atoms with Crippen LogP contribution >= 0.6 is 0 Å². The minimum atomic E-state index is -1.08. The lowest BCUT2D eigenvalue weighted by molar-refractivity contribution is 0.0660. The van der Waals surface area contributed by atoms with Crippen LogP contribution in [-0.2, 0) is 17.3 Å². The molecule has 2 atom stereocenters. The highest BCUT2D eigenvalue weighted by atomic mass is 32.2. The SMILES string of the molecule is CC(CS(C)=O)NCc1ccc(C(=O)O)o1. The van der Waals surface area contributed by atoms with Gasteiger partial charge in [-0.05, 0) is 19.1 Å². The Labute approximate surface area is 96.3 Å². The summed E-state index contributed by atoms with van der Waals surface area (Å²) in [5, 5.41) is 11.7. The van der Waals surface area contributed by atoms with Crippen molar-refractivity contribution in [3.63, 3.8) is 0 Å². The van der Waals surface area contributed by atoms with Crippen molar-refractivity contribution >= 4 is 16.8 Å². The van der Waals surface area contributed by atoms with Crippen LogP contribution in [0.3, 0.4) is 0 Å². The van der Waals surface area contributed by atoms with E-state index in [9.17, 15) is 9.00 Å². The maximum absolute atomic E-state index is 10.9. The Morgan fingerprint density at radius 3 is 2.81 bits per heavy atom. The number of rotatable bonds is 6. The summed E-state index contributed by atoms with van der Waals surface area (Å²) in [7, 11) is -0.843. The molecule has 0 aliphatic rings. The zero-order valence-corrected chi connectivity index (χ0v) is 10.0. The molecule has 0 saturated carbocycles. The van der Waals surface area contributed by atoms with Crippen molar-refractivity contribution in [2.45, 2.75) is 19.5 Å². The quantitative estimate of drug-likeness (QED) is 0.776. The van der Waals surface area contributed by atoms with Crippen molar-refractivity contribution in [3.8, 4) is 0 Å². The van der Waals surface area contributed by atoms with Crippen LogP contribution in [-0.4, -0.2) is 33.3 Å². The van der Waals surface area contributed by atoms with Gasteiger partial charge < -0.3 is 14.8 Å². The van der Waals surface area contributed by atoms with Gasteiger partial charge in [-0.2, -0.15) is 0 Å². The van der Waals surface area contributed by atoms with E-state index in [1.165, 1.54) is 6.07 Å². The first-order valence-corrected chi connectivity index (χ1v) is 6.57.